The molecule has 1 N–H and O–H groups in total. The van der Waals surface area contributed by atoms with Gasteiger partial charge in [-0.3, -0.25) is 4.79 Å². The lowest BCUT2D eigenvalue weighted by Gasteiger charge is -2.53. The van der Waals surface area contributed by atoms with E-state index >= 15 is 0 Å². The van der Waals surface area contributed by atoms with E-state index in [4.69, 9.17) is 4.74 Å². The Hall–Kier alpha value is -1.95. The number of nitrogens with zero attached hydrogens (tertiary/aromatic N) is 1. The number of phenolic OH excluding ortho intramolecular Hbond substituents is 1. The van der Waals surface area contributed by atoms with Crippen LogP contribution in [0.15, 0.2) is 18.2 Å². The number of carbonyl (C=O) groups is 1. The second kappa shape index (κ2) is 14.7. The van der Waals surface area contributed by atoms with E-state index in [0.29, 0.717) is 42.4 Å². The Labute approximate surface area is 270 Å². The highest BCUT2D eigenvalue weighted by atomic mass is 32.2. The average molecular weight is 680 g/mol. The SMILES string of the molecule is CC(=O)O[C@H]1CC[C@H]2[C@@H]3[C@H](CCCCCN(C)CCCS(=O)(=O)CCCC(F)(F)C(F)(F)F)Cc4cc(O)ccc4[C@H]3CC[C@]12C. The van der Waals surface area contributed by atoms with Crippen molar-refractivity contribution in [3.8, 4) is 5.75 Å². The molecule has 6 atom stereocenters. The monoisotopic (exact) mass is 679 g/mol. The fourth-order valence-electron chi connectivity index (χ4n) is 8.79. The average Bonchev–Trinajstić information content (AvgIpc) is 3.26. The van der Waals surface area contributed by atoms with Gasteiger partial charge in [-0.2, -0.15) is 22.0 Å². The van der Waals surface area contributed by atoms with Gasteiger partial charge in [0.1, 0.15) is 21.7 Å². The van der Waals surface area contributed by atoms with Crippen LogP contribution in [0, 0.1) is 23.2 Å². The Morgan fingerprint density at radius 3 is 2.41 bits per heavy atom. The van der Waals surface area contributed by atoms with Gasteiger partial charge < -0.3 is 14.7 Å². The van der Waals surface area contributed by atoms with Crippen molar-refractivity contribution in [3.63, 3.8) is 0 Å². The van der Waals surface area contributed by atoms with Crippen molar-refractivity contribution in [2.45, 2.75) is 115 Å². The summed E-state index contributed by atoms with van der Waals surface area (Å²) < 4.78 is 93.2. The Kier molecular flexibility index (Phi) is 11.8. The molecule has 2 saturated carbocycles. The molecule has 0 aliphatic heterocycles. The molecule has 1 aromatic rings. The fourth-order valence-corrected chi connectivity index (χ4v) is 10.2. The molecule has 46 heavy (non-hydrogen) atoms. The van der Waals surface area contributed by atoms with Gasteiger partial charge in [0.25, 0.3) is 0 Å². The number of rotatable bonds is 15. The molecule has 3 aliphatic rings. The molecular weight excluding hydrogens is 629 g/mol. The number of fused-ring (bicyclic) bond motifs is 5. The van der Waals surface area contributed by atoms with Crippen LogP contribution in [0.5, 0.6) is 5.75 Å². The van der Waals surface area contributed by atoms with E-state index in [0.717, 1.165) is 64.3 Å². The number of halogens is 5. The first-order chi connectivity index (χ1) is 21.4. The van der Waals surface area contributed by atoms with Crippen LogP contribution in [0.3, 0.4) is 0 Å². The number of phenols is 1. The van der Waals surface area contributed by atoms with Gasteiger partial charge in [0.15, 0.2) is 0 Å². The summed E-state index contributed by atoms with van der Waals surface area (Å²) in [6, 6.07) is 5.83. The maximum Gasteiger partial charge on any atom is 0.453 e. The minimum Gasteiger partial charge on any atom is -0.508 e. The topological polar surface area (TPSA) is 83.9 Å². The van der Waals surface area contributed by atoms with Gasteiger partial charge in [-0.05, 0) is 125 Å². The van der Waals surface area contributed by atoms with E-state index in [9.17, 15) is 40.3 Å². The van der Waals surface area contributed by atoms with Crippen LogP contribution in [-0.4, -0.2) is 74.2 Å². The molecule has 3 aliphatic carbocycles. The molecule has 0 radical (unpaired) electrons. The van der Waals surface area contributed by atoms with Crippen LogP contribution in [0.25, 0.3) is 0 Å². The van der Waals surface area contributed by atoms with Crippen LogP contribution >= 0.6 is 0 Å². The van der Waals surface area contributed by atoms with Crippen molar-refractivity contribution in [1.82, 2.24) is 4.90 Å². The van der Waals surface area contributed by atoms with E-state index in [1.807, 2.05) is 18.0 Å². The van der Waals surface area contributed by atoms with Gasteiger partial charge in [-0.1, -0.05) is 25.8 Å². The molecule has 0 heterocycles. The fraction of sp³-hybridized carbons (Fsp3) is 0.794. The molecule has 0 unspecified atom stereocenters. The molecule has 0 aromatic heterocycles. The summed E-state index contributed by atoms with van der Waals surface area (Å²) in [5.74, 6) is -3.83. The van der Waals surface area contributed by atoms with Crippen molar-refractivity contribution in [3.05, 3.63) is 29.3 Å². The number of benzene rings is 1. The Balaban J connectivity index is 1.24. The van der Waals surface area contributed by atoms with Gasteiger partial charge in [-0.25, -0.2) is 8.42 Å². The molecule has 6 nitrogen and oxygen atoms in total. The van der Waals surface area contributed by atoms with Gasteiger partial charge in [0, 0.05) is 18.8 Å². The lowest BCUT2D eigenvalue weighted by atomic mass is 9.52. The maximum atomic E-state index is 13.1. The number of hydrogen-bond acceptors (Lipinski definition) is 6. The zero-order valence-corrected chi connectivity index (χ0v) is 28.1. The van der Waals surface area contributed by atoms with Gasteiger partial charge in [0.05, 0.1) is 11.5 Å². The minimum absolute atomic E-state index is 0.0240. The van der Waals surface area contributed by atoms with Gasteiger partial charge in [-0.15, -0.1) is 0 Å². The summed E-state index contributed by atoms with van der Waals surface area (Å²) >= 11 is 0. The molecule has 12 heteroatoms. The van der Waals surface area contributed by atoms with Crippen molar-refractivity contribution in [1.29, 1.82) is 0 Å². The third kappa shape index (κ3) is 8.74. The summed E-state index contributed by atoms with van der Waals surface area (Å²) in [4.78, 5) is 13.9. The lowest BCUT2D eigenvalue weighted by molar-refractivity contribution is -0.284. The molecule has 0 saturated heterocycles. The van der Waals surface area contributed by atoms with E-state index in [1.165, 1.54) is 18.1 Å². The molecular formula is C34H50F5NO5S. The molecule has 0 bridgehead atoms. The first kappa shape index (κ1) is 36.9. The summed E-state index contributed by atoms with van der Waals surface area (Å²) in [5.41, 5.74) is 2.58. The molecule has 4 rings (SSSR count). The predicted octanol–water partition coefficient (Wildman–Crippen LogP) is 7.68. The Bertz CT molecular complexity index is 1310. The quantitative estimate of drug-likeness (QED) is 0.116. The molecule has 0 amide bonds. The second-order valence-corrected chi connectivity index (χ2v) is 16.6. The van der Waals surface area contributed by atoms with E-state index in [-0.39, 0.29) is 23.2 Å². The lowest BCUT2D eigenvalue weighted by Crippen LogP contribution is -2.48. The smallest absolute Gasteiger partial charge is 0.453 e. The van der Waals surface area contributed by atoms with Crippen molar-refractivity contribution >= 4 is 15.8 Å². The number of hydrogen-bond donors (Lipinski definition) is 1. The zero-order chi connectivity index (χ0) is 33.9. The predicted molar refractivity (Wildman–Crippen MR) is 167 cm³/mol. The maximum absolute atomic E-state index is 13.1. The van der Waals surface area contributed by atoms with Gasteiger partial charge in [0.2, 0.25) is 0 Å². The number of ether oxygens (including phenoxy) is 1. The number of alkyl halides is 5. The molecule has 2 fully saturated rings. The number of carbonyl (C=O) groups excluding carboxylic acids is 1. The standard InChI is InChI=1S/C34H50F5NO5S/c1-23(41)45-30-13-12-29-31-24(21-25-22-26(42)10-11-27(25)28(31)14-16-32(29,30)2)9-5-4-6-17-40(3)18-8-20-46(43,44)19-7-15-33(35,36)34(37,38)39/h10-11,22,24,28-31,42H,4-9,12-21H2,1-3H3/t24-,28-,29+,30+,31-,32+/m1/s1. The first-order valence-electron chi connectivity index (χ1n) is 16.8. The van der Waals surface area contributed by atoms with Crippen LogP contribution in [-0.2, 0) is 25.8 Å². The van der Waals surface area contributed by atoms with E-state index in [1.54, 1.807) is 6.07 Å². The normalized spacial score (nSPS) is 28.1. The van der Waals surface area contributed by atoms with Crippen LogP contribution < -0.4 is 0 Å². The Morgan fingerprint density at radius 1 is 1.02 bits per heavy atom. The highest BCUT2D eigenvalue weighted by molar-refractivity contribution is 7.91. The van der Waals surface area contributed by atoms with Crippen molar-refractivity contribution < 1.29 is 45.0 Å². The summed E-state index contributed by atoms with van der Waals surface area (Å²) in [5, 5.41) is 10.2. The Morgan fingerprint density at radius 2 is 1.72 bits per heavy atom. The highest BCUT2D eigenvalue weighted by Crippen LogP contribution is 2.63. The zero-order valence-electron chi connectivity index (χ0n) is 27.3. The minimum atomic E-state index is -5.67. The van der Waals surface area contributed by atoms with Gasteiger partial charge >= 0.3 is 18.1 Å². The third-order valence-corrected chi connectivity index (χ3v) is 12.9. The first-order valence-corrected chi connectivity index (χ1v) is 18.6. The summed E-state index contributed by atoms with van der Waals surface area (Å²) in [6.07, 6.45) is 1.33. The highest BCUT2D eigenvalue weighted by Gasteiger charge is 2.58. The summed E-state index contributed by atoms with van der Waals surface area (Å²) in [7, 11) is -1.81. The molecule has 262 valence electrons. The third-order valence-electron chi connectivity index (χ3n) is 11.1. The number of aromatic hydroxyl groups is 1. The molecule has 1 aromatic carbocycles. The molecule has 0 spiro atoms. The number of esters is 1. The largest absolute Gasteiger partial charge is 0.508 e. The van der Waals surface area contributed by atoms with Crippen molar-refractivity contribution in [2.75, 3.05) is 31.6 Å². The van der Waals surface area contributed by atoms with Crippen LogP contribution in [0.2, 0.25) is 0 Å². The van der Waals surface area contributed by atoms with E-state index in [2.05, 4.69) is 13.0 Å². The van der Waals surface area contributed by atoms with Crippen molar-refractivity contribution in [2.24, 2.45) is 23.2 Å². The van der Waals surface area contributed by atoms with E-state index < -0.39 is 40.5 Å². The number of unbranched alkanes of at least 4 members (excludes halogenated alkanes) is 2. The van der Waals surface area contributed by atoms with Crippen LogP contribution in [0.4, 0.5) is 22.0 Å². The second-order valence-electron chi connectivity index (χ2n) is 14.3. The summed E-state index contributed by atoms with van der Waals surface area (Å²) in [6.45, 7) is 5.07. The number of sulfone groups is 1. The van der Waals surface area contributed by atoms with Crippen LogP contribution in [0.1, 0.15) is 102 Å².